The van der Waals surface area contributed by atoms with E-state index >= 15 is 0 Å². The number of nitrogens with one attached hydrogen (secondary N) is 1. The molecule has 1 unspecified atom stereocenters. The van der Waals surface area contributed by atoms with Crippen molar-refractivity contribution in [1.29, 1.82) is 0 Å². The molecule has 4 rings (SSSR count). The van der Waals surface area contributed by atoms with Gasteiger partial charge in [-0.2, -0.15) is 0 Å². The number of benzene rings is 3. The fourth-order valence-electron chi connectivity index (χ4n) is 4.04. The summed E-state index contributed by atoms with van der Waals surface area (Å²) in [7, 11) is 2.99. The monoisotopic (exact) mass is 454 g/mol. The topological polar surface area (TPSA) is 67.9 Å². The van der Waals surface area contributed by atoms with E-state index in [2.05, 4.69) is 17.2 Å². The van der Waals surface area contributed by atoms with Crippen LogP contribution in [0.1, 0.15) is 45.9 Å². The first-order valence-electron chi connectivity index (χ1n) is 11.1. The number of hydrogen-bond donors (Lipinski definition) is 1. The normalized spacial score (nSPS) is 14.6. The van der Waals surface area contributed by atoms with Crippen LogP contribution in [0, 0.1) is 11.8 Å². The average molecular weight is 455 g/mol. The zero-order valence-corrected chi connectivity index (χ0v) is 19.2. The molecular weight excluding hydrogens is 428 g/mol. The van der Waals surface area contributed by atoms with E-state index < -0.39 is 5.97 Å². The van der Waals surface area contributed by atoms with Crippen LogP contribution in [-0.2, 0) is 4.74 Å². The molecule has 6 heteroatoms. The molecular formula is C28H26N2O4. The average Bonchev–Trinajstić information content (AvgIpc) is 3.38. The minimum atomic E-state index is -0.400. The summed E-state index contributed by atoms with van der Waals surface area (Å²) >= 11 is 0. The van der Waals surface area contributed by atoms with Gasteiger partial charge in [0, 0.05) is 23.4 Å². The molecule has 2 amide bonds. The Labute approximate surface area is 199 Å². The lowest BCUT2D eigenvalue weighted by atomic mass is 10.0. The van der Waals surface area contributed by atoms with Crippen molar-refractivity contribution in [1.82, 2.24) is 4.90 Å². The van der Waals surface area contributed by atoms with Crippen molar-refractivity contribution < 1.29 is 19.1 Å². The molecule has 1 aliphatic heterocycles. The van der Waals surface area contributed by atoms with Gasteiger partial charge in [-0.15, -0.1) is 0 Å². The SMILES string of the molecule is COC(=O)c1cccc(C#Cc2cccc(NC(=O)N3CCCC3c3ccc(OC)cc3)c2)c1. The predicted octanol–water partition coefficient (Wildman–Crippen LogP) is 5.25. The number of anilines is 1. The maximum absolute atomic E-state index is 13.1. The second kappa shape index (κ2) is 10.6. The third-order valence-corrected chi connectivity index (χ3v) is 5.76. The van der Waals surface area contributed by atoms with Crippen LogP contribution in [-0.4, -0.2) is 37.7 Å². The molecule has 3 aromatic carbocycles. The summed E-state index contributed by atoms with van der Waals surface area (Å²) in [6.45, 7) is 0.707. The Morgan fingerprint density at radius 1 is 0.941 bits per heavy atom. The largest absolute Gasteiger partial charge is 0.497 e. The number of hydrogen-bond acceptors (Lipinski definition) is 4. The Morgan fingerprint density at radius 3 is 2.35 bits per heavy atom. The van der Waals surface area contributed by atoms with Crippen LogP contribution in [0.5, 0.6) is 5.75 Å². The van der Waals surface area contributed by atoms with E-state index in [-0.39, 0.29) is 12.1 Å². The van der Waals surface area contributed by atoms with Gasteiger partial charge in [0.25, 0.3) is 0 Å². The minimum absolute atomic E-state index is 0.0379. The van der Waals surface area contributed by atoms with Gasteiger partial charge in [-0.1, -0.05) is 36.1 Å². The number of ether oxygens (including phenoxy) is 2. The van der Waals surface area contributed by atoms with E-state index in [1.807, 2.05) is 59.5 Å². The van der Waals surface area contributed by atoms with Crippen LogP contribution in [0.3, 0.4) is 0 Å². The number of carbonyl (C=O) groups is 2. The summed E-state index contributed by atoms with van der Waals surface area (Å²) in [6.07, 6.45) is 1.89. The molecule has 1 fully saturated rings. The number of methoxy groups -OCH3 is 2. The Hall–Kier alpha value is -4.24. The predicted molar refractivity (Wildman–Crippen MR) is 131 cm³/mol. The first-order valence-corrected chi connectivity index (χ1v) is 11.1. The van der Waals surface area contributed by atoms with E-state index in [1.54, 1.807) is 25.3 Å². The summed E-state index contributed by atoms with van der Waals surface area (Å²) in [6, 6.07) is 22.2. The highest BCUT2D eigenvalue weighted by Crippen LogP contribution is 2.33. The molecule has 3 aromatic rings. The third kappa shape index (κ3) is 5.38. The Bertz CT molecular complexity index is 1240. The van der Waals surface area contributed by atoms with E-state index in [9.17, 15) is 9.59 Å². The Kier molecular flexibility index (Phi) is 7.14. The number of amides is 2. The van der Waals surface area contributed by atoms with Gasteiger partial charge in [-0.05, 0) is 66.9 Å². The van der Waals surface area contributed by atoms with Gasteiger partial charge in [0.1, 0.15) is 5.75 Å². The molecule has 1 aliphatic rings. The standard InChI is InChI=1S/C28H26N2O4/c1-33-25-15-13-22(14-16-25)26-10-5-17-30(26)28(32)29-24-9-4-7-21(19-24)12-11-20-6-3-8-23(18-20)27(31)34-2/h3-4,6-9,13-16,18-19,26H,5,10,17H2,1-2H3,(H,29,32). The number of nitrogens with zero attached hydrogens (tertiary/aromatic N) is 1. The fraction of sp³-hybridized carbons (Fsp3) is 0.214. The number of urea groups is 1. The molecule has 0 bridgehead atoms. The van der Waals surface area contributed by atoms with E-state index in [0.29, 0.717) is 23.4 Å². The molecule has 172 valence electrons. The van der Waals surface area contributed by atoms with Crippen molar-refractivity contribution in [3.63, 3.8) is 0 Å². The van der Waals surface area contributed by atoms with Crippen molar-refractivity contribution in [2.24, 2.45) is 0 Å². The Morgan fingerprint density at radius 2 is 1.65 bits per heavy atom. The van der Waals surface area contributed by atoms with Gasteiger partial charge in [-0.3, -0.25) is 0 Å². The molecule has 0 aromatic heterocycles. The molecule has 1 saturated heterocycles. The van der Waals surface area contributed by atoms with Gasteiger partial charge >= 0.3 is 12.0 Å². The highest BCUT2D eigenvalue weighted by atomic mass is 16.5. The highest BCUT2D eigenvalue weighted by molar-refractivity contribution is 5.90. The smallest absolute Gasteiger partial charge is 0.337 e. The Balaban J connectivity index is 1.46. The van der Waals surface area contributed by atoms with Crippen LogP contribution in [0.2, 0.25) is 0 Å². The molecule has 6 nitrogen and oxygen atoms in total. The van der Waals surface area contributed by atoms with Crippen LogP contribution in [0.15, 0.2) is 72.8 Å². The molecule has 34 heavy (non-hydrogen) atoms. The molecule has 0 spiro atoms. The maximum Gasteiger partial charge on any atom is 0.337 e. The number of carbonyl (C=O) groups excluding carboxylic acids is 2. The zero-order chi connectivity index (χ0) is 23.9. The van der Waals surface area contributed by atoms with Crippen LogP contribution < -0.4 is 10.1 Å². The van der Waals surface area contributed by atoms with Crippen LogP contribution >= 0.6 is 0 Å². The molecule has 1 N–H and O–H groups in total. The highest BCUT2D eigenvalue weighted by Gasteiger charge is 2.30. The van der Waals surface area contributed by atoms with Gasteiger partial charge in [0.15, 0.2) is 0 Å². The lowest BCUT2D eigenvalue weighted by molar-refractivity contribution is 0.0600. The molecule has 1 atom stereocenters. The van der Waals surface area contributed by atoms with Crippen LogP contribution in [0.25, 0.3) is 0 Å². The lowest BCUT2D eigenvalue weighted by Crippen LogP contribution is -2.34. The summed E-state index contributed by atoms with van der Waals surface area (Å²) in [4.78, 5) is 26.6. The van der Waals surface area contributed by atoms with Gasteiger partial charge < -0.3 is 19.7 Å². The second-order valence-corrected chi connectivity index (χ2v) is 7.96. The molecule has 0 saturated carbocycles. The van der Waals surface area contributed by atoms with Crippen molar-refractivity contribution >= 4 is 17.7 Å². The fourth-order valence-corrected chi connectivity index (χ4v) is 4.04. The van der Waals surface area contributed by atoms with Crippen molar-refractivity contribution in [2.45, 2.75) is 18.9 Å². The van der Waals surface area contributed by atoms with Crippen LogP contribution in [0.4, 0.5) is 10.5 Å². The van der Waals surface area contributed by atoms with Gasteiger partial charge in [0.2, 0.25) is 0 Å². The van der Waals surface area contributed by atoms with E-state index in [4.69, 9.17) is 9.47 Å². The zero-order valence-electron chi connectivity index (χ0n) is 19.2. The number of esters is 1. The second-order valence-electron chi connectivity index (χ2n) is 7.96. The molecule has 1 heterocycles. The third-order valence-electron chi connectivity index (χ3n) is 5.76. The van der Waals surface area contributed by atoms with Crippen molar-refractivity contribution in [2.75, 3.05) is 26.1 Å². The maximum atomic E-state index is 13.1. The summed E-state index contributed by atoms with van der Waals surface area (Å²) in [5.74, 6) is 6.56. The van der Waals surface area contributed by atoms with Crippen molar-refractivity contribution in [3.05, 3.63) is 95.1 Å². The van der Waals surface area contributed by atoms with Gasteiger partial charge in [-0.25, -0.2) is 9.59 Å². The summed E-state index contributed by atoms with van der Waals surface area (Å²) < 4.78 is 10.00. The first-order chi connectivity index (χ1) is 16.6. The minimum Gasteiger partial charge on any atom is -0.497 e. The number of likely N-dealkylation sites (tertiary alicyclic amines) is 1. The summed E-state index contributed by atoms with van der Waals surface area (Å²) in [5.41, 5.74) is 3.70. The molecule has 0 radical (unpaired) electrons. The van der Waals surface area contributed by atoms with E-state index in [0.717, 1.165) is 29.7 Å². The van der Waals surface area contributed by atoms with E-state index in [1.165, 1.54) is 7.11 Å². The quantitative estimate of drug-likeness (QED) is 0.432. The van der Waals surface area contributed by atoms with Gasteiger partial charge in [0.05, 0.1) is 25.8 Å². The first kappa shape index (κ1) is 22.9. The molecule has 0 aliphatic carbocycles. The van der Waals surface area contributed by atoms with Crippen molar-refractivity contribution in [3.8, 4) is 17.6 Å². The lowest BCUT2D eigenvalue weighted by Gasteiger charge is -2.25. The summed E-state index contributed by atoms with van der Waals surface area (Å²) in [5, 5.41) is 3.01. The number of rotatable bonds is 4.